The molecule has 1 saturated heterocycles. The molecule has 1 fully saturated rings. The Morgan fingerprint density at radius 2 is 1.91 bits per heavy atom. The second-order valence-electron chi connectivity index (χ2n) is 7.52. The molecule has 0 spiro atoms. The van der Waals surface area contributed by atoms with Crippen molar-refractivity contribution in [2.24, 2.45) is 10.1 Å². The lowest BCUT2D eigenvalue weighted by Gasteiger charge is -2.11. The minimum absolute atomic E-state index is 0.0552. The molecule has 180 valence electrons. The van der Waals surface area contributed by atoms with Crippen molar-refractivity contribution in [2.75, 3.05) is 32.6 Å². The van der Waals surface area contributed by atoms with Crippen molar-refractivity contribution in [2.45, 2.75) is 17.7 Å². The van der Waals surface area contributed by atoms with Crippen LogP contribution in [0.4, 0.5) is 5.69 Å². The fraction of sp³-hybridized carbons (Fsp3) is 0.261. The Morgan fingerprint density at radius 1 is 1.18 bits per heavy atom. The van der Waals surface area contributed by atoms with Gasteiger partial charge in [0.15, 0.2) is 18.1 Å². The molecule has 3 N–H and O–H groups in total. The monoisotopic (exact) mass is 486 g/mol. The number of carbonyl (C=O) groups is 2. The van der Waals surface area contributed by atoms with E-state index in [0.717, 1.165) is 13.0 Å². The molecule has 0 saturated carbocycles. The number of nitrogens with two attached hydrogens (primary N) is 1. The highest BCUT2D eigenvalue weighted by atomic mass is 32.2. The minimum atomic E-state index is -3.82. The molecule has 0 radical (unpaired) electrons. The van der Waals surface area contributed by atoms with Gasteiger partial charge in [-0.2, -0.15) is 8.42 Å². The fourth-order valence-electron chi connectivity index (χ4n) is 3.22. The van der Waals surface area contributed by atoms with E-state index in [4.69, 9.17) is 15.2 Å². The molecule has 0 bridgehead atoms. The number of anilines is 1. The molecular weight excluding hydrogens is 460 g/mol. The number of primary amides is 1. The van der Waals surface area contributed by atoms with E-state index < -0.39 is 21.8 Å². The highest BCUT2D eigenvalue weighted by molar-refractivity contribution is 7.90. The SMILES string of the molecule is COc1cc(/C=C/C(=O)Nc2ccc(S(=O)(=O)/N=C3/CCCN3C)cc2)ccc1OCC(N)=O. The molecule has 3 rings (SSSR count). The first-order valence-corrected chi connectivity index (χ1v) is 11.9. The Kier molecular flexibility index (Phi) is 7.90. The number of amides is 2. The maximum atomic E-state index is 12.5. The molecular formula is C23H26N4O6S. The molecule has 0 aromatic heterocycles. The number of amidine groups is 1. The predicted octanol–water partition coefficient (Wildman–Crippen LogP) is 2.02. The molecule has 11 heteroatoms. The molecule has 0 aliphatic carbocycles. The number of ether oxygens (including phenoxy) is 2. The van der Waals surface area contributed by atoms with Crippen molar-refractivity contribution < 1.29 is 27.5 Å². The summed E-state index contributed by atoms with van der Waals surface area (Å²) in [5, 5.41) is 2.67. The Labute approximate surface area is 198 Å². The zero-order chi connectivity index (χ0) is 24.7. The second kappa shape index (κ2) is 10.8. The normalized spacial score (nSPS) is 15.0. The van der Waals surface area contributed by atoms with Crippen molar-refractivity contribution in [1.82, 2.24) is 4.90 Å². The molecule has 0 atom stereocenters. The van der Waals surface area contributed by atoms with Crippen LogP contribution in [0.5, 0.6) is 11.5 Å². The van der Waals surface area contributed by atoms with Gasteiger partial charge in [-0.05, 0) is 54.5 Å². The number of hydrogen-bond donors (Lipinski definition) is 2. The van der Waals surface area contributed by atoms with E-state index >= 15 is 0 Å². The van der Waals surface area contributed by atoms with Crippen molar-refractivity contribution in [1.29, 1.82) is 0 Å². The standard InChI is InChI=1S/C23H26N4O6S/c1-27-13-3-4-22(27)26-34(30,31)18-9-7-17(8-10-18)25-23(29)12-6-16-5-11-19(20(14-16)32-2)33-15-21(24)28/h5-12,14H,3-4,13,15H2,1-2H3,(H2,24,28)(H,25,29)/b12-6+,26-22-. The molecule has 2 aromatic carbocycles. The lowest BCUT2D eigenvalue weighted by Crippen LogP contribution is -2.20. The van der Waals surface area contributed by atoms with Crippen molar-refractivity contribution >= 4 is 39.4 Å². The van der Waals surface area contributed by atoms with Gasteiger partial charge in [-0.1, -0.05) is 6.07 Å². The average molecular weight is 487 g/mol. The van der Waals surface area contributed by atoms with Gasteiger partial charge < -0.3 is 25.4 Å². The molecule has 10 nitrogen and oxygen atoms in total. The Hall–Kier alpha value is -3.86. The summed E-state index contributed by atoms with van der Waals surface area (Å²) < 4.78 is 39.5. The third-order valence-corrected chi connectivity index (χ3v) is 6.28. The van der Waals surface area contributed by atoms with Crippen LogP contribution in [0.3, 0.4) is 0 Å². The maximum absolute atomic E-state index is 12.5. The van der Waals surface area contributed by atoms with E-state index in [1.807, 2.05) is 11.9 Å². The summed E-state index contributed by atoms with van der Waals surface area (Å²) in [7, 11) is -0.547. The maximum Gasteiger partial charge on any atom is 0.283 e. The van der Waals surface area contributed by atoms with Crippen molar-refractivity contribution in [3.8, 4) is 11.5 Å². The fourth-order valence-corrected chi connectivity index (χ4v) is 4.32. The van der Waals surface area contributed by atoms with Gasteiger partial charge in [0.05, 0.1) is 12.0 Å². The lowest BCUT2D eigenvalue weighted by molar-refractivity contribution is -0.120. The summed E-state index contributed by atoms with van der Waals surface area (Å²) in [5.41, 5.74) is 6.18. The minimum Gasteiger partial charge on any atom is -0.493 e. The van der Waals surface area contributed by atoms with E-state index in [9.17, 15) is 18.0 Å². The first-order chi connectivity index (χ1) is 16.2. The first-order valence-electron chi connectivity index (χ1n) is 10.4. The van der Waals surface area contributed by atoms with Crippen LogP contribution in [0.25, 0.3) is 6.08 Å². The number of carbonyl (C=O) groups excluding carboxylic acids is 2. The van der Waals surface area contributed by atoms with Crippen molar-refractivity contribution in [3.63, 3.8) is 0 Å². The molecule has 34 heavy (non-hydrogen) atoms. The van der Waals surface area contributed by atoms with Crippen LogP contribution in [-0.4, -0.2) is 58.3 Å². The van der Waals surface area contributed by atoms with Crippen LogP contribution in [-0.2, 0) is 19.6 Å². The van der Waals surface area contributed by atoms with Gasteiger partial charge >= 0.3 is 0 Å². The van der Waals surface area contributed by atoms with E-state index in [-0.39, 0.29) is 11.5 Å². The summed E-state index contributed by atoms with van der Waals surface area (Å²) in [5.74, 6) is 0.265. The molecule has 1 aliphatic rings. The number of sulfonamides is 1. The third-order valence-electron chi connectivity index (χ3n) is 4.96. The topological polar surface area (TPSA) is 140 Å². The Balaban J connectivity index is 1.63. The lowest BCUT2D eigenvalue weighted by atomic mass is 10.2. The van der Waals surface area contributed by atoms with Crippen LogP contribution in [0.15, 0.2) is 57.8 Å². The van der Waals surface area contributed by atoms with Gasteiger partial charge in [0.25, 0.3) is 15.9 Å². The van der Waals surface area contributed by atoms with Crippen LogP contribution in [0.1, 0.15) is 18.4 Å². The molecule has 0 unspecified atom stereocenters. The van der Waals surface area contributed by atoms with Crippen LogP contribution >= 0.6 is 0 Å². The largest absolute Gasteiger partial charge is 0.493 e. The van der Waals surface area contributed by atoms with Gasteiger partial charge in [-0.15, -0.1) is 4.40 Å². The summed E-state index contributed by atoms with van der Waals surface area (Å²) in [4.78, 5) is 25.0. The average Bonchev–Trinajstić information content (AvgIpc) is 3.20. The number of benzene rings is 2. The summed E-state index contributed by atoms with van der Waals surface area (Å²) in [6.07, 6.45) is 4.41. The van der Waals surface area contributed by atoms with Gasteiger partial charge in [-0.25, -0.2) is 0 Å². The summed E-state index contributed by atoms with van der Waals surface area (Å²) >= 11 is 0. The molecule has 2 aromatic rings. The third kappa shape index (κ3) is 6.58. The number of methoxy groups -OCH3 is 1. The summed E-state index contributed by atoms with van der Waals surface area (Å²) in [6, 6.07) is 10.8. The Morgan fingerprint density at radius 3 is 2.53 bits per heavy atom. The molecule has 1 heterocycles. The zero-order valence-electron chi connectivity index (χ0n) is 18.9. The van der Waals surface area contributed by atoms with Gasteiger partial charge in [0.1, 0.15) is 5.84 Å². The number of likely N-dealkylation sites (tertiary alicyclic amines) is 1. The number of hydrogen-bond acceptors (Lipinski definition) is 6. The highest BCUT2D eigenvalue weighted by Crippen LogP contribution is 2.28. The van der Waals surface area contributed by atoms with Crippen LogP contribution in [0, 0.1) is 0 Å². The van der Waals surface area contributed by atoms with E-state index in [1.54, 1.807) is 24.3 Å². The van der Waals surface area contributed by atoms with Crippen LogP contribution in [0.2, 0.25) is 0 Å². The predicted molar refractivity (Wildman–Crippen MR) is 128 cm³/mol. The number of nitrogens with one attached hydrogen (secondary N) is 1. The first kappa shape index (κ1) is 24.8. The zero-order valence-corrected chi connectivity index (χ0v) is 19.7. The van der Waals surface area contributed by atoms with E-state index in [2.05, 4.69) is 9.71 Å². The second-order valence-corrected chi connectivity index (χ2v) is 9.12. The van der Waals surface area contributed by atoms with E-state index in [1.165, 1.54) is 37.5 Å². The smallest absolute Gasteiger partial charge is 0.283 e. The highest BCUT2D eigenvalue weighted by Gasteiger charge is 2.20. The molecule has 1 aliphatic heterocycles. The number of nitrogens with zero attached hydrogens (tertiary/aromatic N) is 2. The Bertz CT molecular complexity index is 1220. The van der Waals surface area contributed by atoms with Gasteiger partial charge in [0.2, 0.25) is 5.91 Å². The van der Waals surface area contributed by atoms with Gasteiger partial charge in [-0.3, -0.25) is 9.59 Å². The van der Waals surface area contributed by atoms with E-state index in [0.29, 0.717) is 35.0 Å². The quantitative estimate of drug-likeness (QED) is 0.517. The number of rotatable bonds is 9. The van der Waals surface area contributed by atoms with Crippen LogP contribution < -0.4 is 20.5 Å². The van der Waals surface area contributed by atoms with Crippen molar-refractivity contribution in [3.05, 3.63) is 54.1 Å². The van der Waals surface area contributed by atoms with Gasteiger partial charge in [0, 0.05) is 31.8 Å². The summed E-state index contributed by atoms with van der Waals surface area (Å²) in [6.45, 7) is 0.505. The molecule has 2 amide bonds.